The average molecular weight is 549 g/mol. The van der Waals surface area contributed by atoms with Crippen LogP contribution in [0.4, 0.5) is 17.3 Å². The Labute approximate surface area is 236 Å². The Morgan fingerprint density at radius 2 is 1.71 bits per heavy atom. The lowest BCUT2D eigenvalue weighted by atomic mass is 9.99. The molecular weight excluding hydrogens is 518 g/mol. The van der Waals surface area contributed by atoms with E-state index in [1.807, 2.05) is 87.5 Å². The van der Waals surface area contributed by atoms with E-state index in [1.165, 1.54) is 14.1 Å². The van der Waals surface area contributed by atoms with Gasteiger partial charge in [0, 0.05) is 34.9 Å². The lowest BCUT2D eigenvalue weighted by Gasteiger charge is -2.13. The van der Waals surface area contributed by atoms with Crippen molar-refractivity contribution in [2.75, 3.05) is 22.6 Å². The lowest BCUT2D eigenvalue weighted by Crippen LogP contribution is -2.29. The van der Waals surface area contributed by atoms with Crippen molar-refractivity contribution in [1.82, 2.24) is 19.2 Å². The molecule has 0 saturated heterocycles. The second-order valence-corrected chi connectivity index (χ2v) is 10.1. The number of amides is 1. The Morgan fingerprint density at radius 1 is 0.951 bits per heavy atom. The molecule has 0 spiro atoms. The minimum Gasteiger partial charge on any atom is -0.383 e. The fourth-order valence-corrected chi connectivity index (χ4v) is 5.18. The number of nitrogens with two attached hydrogens (primary N) is 1. The van der Waals surface area contributed by atoms with E-state index in [9.17, 15) is 9.59 Å². The number of aromatic amines is 1. The first-order valence-electron chi connectivity index (χ1n) is 13.3. The van der Waals surface area contributed by atoms with Crippen LogP contribution in [0.3, 0.4) is 0 Å². The highest BCUT2D eigenvalue weighted by atomic mass is 16.2. The number of benzene rings is 2. The van der Waals surface area contributed by atoms with Crippen LogP contribution < -0.4 is 26.7 Å². The third-order valence-electron chi connectivity index (χ3n) is 6.90. The number of pyridine rings is 1. The van der Waals surface area contributed by atoms with E-state index in [0.29, 0.717) is 30.8 Å². The summed E-state index contributed by atoms with van der Waals surface area (Å²) in [4.78, 5) is 33.6. The number of nitrogens with zero attached hydrogens (tertiary/aromatic N) is 6. The number of carbonyl (C=O) groups is 1. The summed E-state index contributed by atoms with van der Waals surface area (Å²) in [6.07, 6.45) is 0.321. The Hall–Kier alpha value is -5.32. The van der Waals surface area contributed by atoms with Gasteiger partial charge in [0.15, 0.2) is 0 Å². The molecule has 206 valence electrons. The van der Waals surface area contributed by atoms with Gasteiger partial charge in [0.25, 0.3) is 5.91 Å². The van der Waals surface area contributed by atoms with Gasteiger partial charge in [-0.15, -0.1) is 9.50 Å². The largest absolute Gasteiger partial charge is 0.411 e. The van der Waals surface area contributed by atoms with Crippen molar-refractivity contribution in [1.29, 1.82) is 0 Å². The third-order valence-corrected chi connectivity index (χ3v) is 6.90. The van der Waals surface area contributed by atoms with Crippen molar-refractivity contribution >= 4 is 34.6 Å². The van der Waals surface area contributed by atoms with E-state index in [-0.39, 0.29) is 17.5 Å². The molecule has 0 radical (unpaired) electrons. The molecule has 11 nitrogen and oxygen atoms in total. The van der Waals surface area contributed by atoms with Crippen LogP contribution in [0.5, 0.6) is 0 Å². The molecule has 0 atom stereocenters. The second-order valence-electron chi connectivity index (χ2n) is 10.1. The number of hydrazone groups is 1. The van der Waals surface area contributed by atoms with E-state index in [2.05, 4.69) is 20.4 Å². The molecule has 0 unspecified atom stereocenters. The smallest absolute Gasteiger partial charge is 0.383 e. The molecule has 0 aliphatic carbocycles. The highest BCUT2D eigenvalue weighted by molar-refractivity contribution is 6.12. The van der Waals surface area contributed by atoms with Crippen molar-refractivity contribution in [3.8, 4) is 22.4 Å². The van der Waals surface area contributed by atoms with Gasteiger partial charge in [-0.05, 0) is 56.7 Å². The highest BCUT2D eigenvalue weighted by Crippen LogP contribution is 2.33. The van der Waals surface area contributed by atoms with Crippen molar-refractivity contribution in [3.05, 3.63) is 88.6 Å². The zero-order valence-electron chi connectivity index (χ0n) is 23.0. The molecule has 2 aromatic carbocycles. The lowest BCUT2D eigenvalue weighted by molar-refractivity contribution is -0.351. The molecule has 0 bridgehead atoms. The maximum atomic E-state index is 13.5. The number of nitrogen functional groups attached to an aromatic ring is 1. The van der Waals surface area contributed by atoms with Crippen LogP contribution in [0.1, 0.15) is 24.7 Å². The molecular formula is C30H30N9O2+. The number of hydrogen-bond donors (Lipinski definition) is 2. The van der Waals surface area contributed by atoms with Gasteiger partial charge in [-0.3, -0.25) is 15.5 Å². The van der Waals surface area contributed by atoms with Crippen molar-refractivity contribution in [2.24, 2.45) is 5.10 Å². The molecule has 0 fully saturated rings. The quantitative estimate of drug-likeness (QED) is 0.320. The normalized spacial score (nSPS) is 13.2. The maximum absolute atomic E-state index is 13.5. The third kappa shape index (κ3) is 4.93. The van der Waals surface area contributed by atoms with Gasteiger partial charge in [-0.2, -0.15) is 9.78 Å². The van der Waals surface area contributed by atoms with Gasteiger partial charge in [-0.25, -0.2) is 14.8 Å². The van der Waals surface area contributed by atoms with Crippen molar-refractivity contribution in [3.63, 3.8) is 0 Å². The highest BCUT2D eigenvalue weighted by Gasteiger charge is 2.26. The van der Waals surface area contributed by atoms with Gasteiger partial charge in [-0.1, -0.05) is 36.4 Å². The van der Waals surface area contributed by atoms with E-state index < -0.39 is 0 Å². The van der Waals surface area contributed by atoms with E-state index in [0.717, 1.165) is 45.2 Å². The van der Waals surface area contributed by atoms with Crippen LogP contribution >= 0.6 is 0 Å². The molecule has 5 aromatic rings. The number of hydrogen-bond acceptors (Lipinski definition) is 7. The molecule has 1 aliphatic rings. The summed E-state index contributed by atoms with van der Waals surface area (Å²) >= 11 is 0. The summed E-state index contributed by atoms with van der Waals surface area (Å²) in [5.41, 5.74) is 13.8. The van der Waals surface area contributed by atoms with Gasteiger partial charge in [0.2, 0.25) is 5.65 Å². The van der Waals surface area contributed by atoms with Crippen LogP contribution in [0, 0.1) is 13.8 Å². The number of aromatic nitrogens is 5. The predicted molar refractivity (Wildman–Crippen MR) is 159 cm³/mol. The van der Waals surface area contributed by atoms with Gasteiger partial charge in [0.1, 0.15) is 5.69 Å². The van der Waals surface area contributed by atoms with E-state index >= 15 is 0 Å². The second kappa shape index (κ2) is 10.3. The summed E-state index contributed by atoms with van der Waals surface area (Å²) in [6.45, 7) is 6.42. The fraction of sp³-hybridized carbons (Fsp3) is 0.200. The summed E-state index contributed by atoms with van der Waals surface area (Å²) in [5, 5.41) is 13.8. The molecule has 6 rings (SSSR count). The average Bonchev–Trinajstić information content (AvgIpc) is 3.46. The first-order valence-corrected chi connectivity index (χ1v) is 13.3. The number of rotatable bonds is 7. The fourth-order valence-electron chi connectivity index (χ4n) is 5.18. The van der Waals surface area contributed by atoms with Gasteiger partial charge >= 0.3 is 11.6 Å². The first-order chi connectivity index (χ1) is 19.8. The summed E-state index contributed by atoms with van der Waals surface area (Å²) in [5.74, 6) is 0.128. The minimum atomic E-state index is -0.347. The van der Waals surface area contributed by atoms with Crippen molar-refractivity contribution in [2.45, 2.75) is 33.7 Å². The zero-order chi connectivity index (χ0) is 28.7. The standard InChI is InChI=1S/C30H29N9O2/c1-18-14-22(15-19(2)33-18)26-27(21-8-5-4-6-9-21)34-29(31)38-28(26)36-37(30(38)41)13-12-32-23-10-7-11-24(17-23)39-25(40)16-20(3)35-39/h4-11,14-15,17,32H,12-13,16H2,1-3H3,(H2,31,34)/p+1. The minimum absolute atomic E-state index is 0.0597. The summed E-state index contributed by atoms with van der Waals surface area (Å²) < 4.78 is 2.82. The van der Waals surface area contributed by atoms with Gasteiger partial charge < -0.3 is 5.32 Å². The van der Waals surface area contributed by atoms with Crippen LogP contribution in [0.2, 0.25) is 0 Å². The summed E-state index contributed by atoms with van der Waals surface area (Å²) in [6, 6.07) is 21.2. The van der Waals surface area contributed by atoms with Crippen LogP contribution in [0.25, 0.3) is 28.0 Å². The topological polar surface area (TPSA) is 137 Å². The number of nitrogens with one attached hydrogen (secondary N) is 2. The zero-order valence-corrected chi connectivity index (χ0v) is 23.0. The van der Waals surface area contributed by atoms with Crippen LogP contribution in [-0.4, -0.2) is 37.3 Å². The maximum Gasteiger partial charge on any atom is 0.411 e. The molecule has 0 saturated carbocycles. The van der Waals surface area contributed by atoms with Gasteiger partial charge in [0.05, 0.1) is 24.2 Å². The number of fused-ring (bicyclic) bond motifs is 1. The van der Waals surface area contributed by atoms with E-state index in [1.54, 1.807) is 0 Å². The molecule has 4 N–H and O–H groups in total. The summed E-state index contributed by atoms with van der Waals surface area (Å²) in [7, 11) is 0. The number of aryl methyl sites for hydroxylation is 2. The SMILES string of the molecule is CC1=NN(c2cccc(NCCn3nc4c(-c5cc(C)nc(C)c5)c(-c5ccccc5)[nH+]c(N)n4c3=O)c2)C(=O)C1. The number of carbonyl (C=O) groups excluding carboxylic acids is 1. The molecule has 11 heteroatoms. The Morgan fingerprint density at radius 3 is 2.41 bits per heavy atom. The molecule has 4 heterocycles. The predicted octanol–water partition coefficient (Wildman–Crippen LogP) is 3.46. The van der Waals surface area contributed by atoms with Crippen LogP contribution in [-0.2, 0) is 11.3 Å². The van der Waals surface area contributed by atoms with Crippen LogP contribution in [0.15, 0.2) is 76.6 Å². The molecule has 1 aliphatic heterocycles. The molecule has 41 heavy (non-hydrogen) atoms. The molecule has 1 amide bonds. The Kier molecular flexibility index (Phi) is 6.54. The first kappa shape index (κ1) is 25.9. The van der Waals surface area contributed by atoms with Crippen molar-refractivity contribution < 1.29 is 9.78 Å². The Bertz CT molecular complexity index is 1870. The molecule has 3 aromatic heterocycles. The monoisotopic (exact) mass is 548 g/mol. The number of anilines is 3. The number of H-pyrrole nitrogens is 1. The van der Waals surface area contributed by atoms with E-state index in [4.69, 9.17) is 10.8 Å². The Balaban J connectivity index is 1.36.